The molecule has 0 radical (unpaired) electrons. The van der Waals surface area contributed by atoms with Crippen molar-refractivity contribution in [3.05, 3.63) is 40.0 Å². The average molecular weight is 582 g/mol. The first-order valence-electron chi connectivity index (χ1n) is 12.1. The molecule has 39 heavy (non-hydrogen) atoms. The lowest BCUT2D eigenvalue weighted by Crippen LogP contribution is -2.53. The Labute approximate surface area is 224 Å². The van der Waals surface area contributed by atoms with E-state index in [0.29, 0.717) is 18.7 Å². The minimum Gasteiger partial charge on any atom is -0.389 e. The second kappa shape index (κ2) is 10.7. The molecular formula is C25H29F6N3O4S. The lowest BCUT2D eigenvalue weighted by molar-refractivity contribution is -0.376. The summed E-state index contributed by atoms with van der Waals surface area (Å²) in [6.07, 6.45) is -9.75. The van der Waals surface area contributed by atoms with Crippen LogP contribution >= 0.6 is 11.3 Å². The van der Waals surface area contributed by atoms with Crippen LogP contribution in [-0.4, -0.2) is 69.0 Å². The van der Waals surface area contributed by atoms with E-state index in [4.69, 9.17) is 0 Å². The molecule has 7 nitrogen and oxygen atoms in total. The molecule has 2 amide bonds. The van der Waals surface area contributed by atoms with Gasteiger partial charge in [-0.15, -0.1) is 11.3 Å². The number of rotatable bonds is 6. The van der Waals surface area contributed by atoms with Crippen molar-refractivity contribution >= 4 is 23.2 Å². The van der Waals surface area contributed by atoms with Crippen LogP contribution in [0.1, 0.15) is 71.5 Å². The van der Waals surface area contributed by atoms with Crippen LogP contribution in [0.25, 0.3) is 10.4 Å². The number of nitrogens with zero attached hydrogens (tertiary/aromatic N) is 2. The Morgan fingerprint density at radius 3 is 2.23 bits per heavy atom. The van der Waals surface area contributed by atoms with Crippen molar-refractivity contribution in [2.75, 3.05) is 13.1 Å². The van der Waals surface area contributed by atoms with Crippen LogP contribution in [0, 0.1) is 6.92 Å². The highest BCUT2D eigenvalue weighted by Gasteiger charge is 2.71. The summed E-state index contributed by atoms with van der Waals surface area (Å²) in [6.45, 7) is 6.27. The third kappa shape index (κ3) is 6.22. The highest BCUT2D eigenvalue weighted by molar-refractivity contribution is 7.17. The van der Waals surface area contributed by atoms with Crippen molar-refractivity contribution < 1.29 is 46.1 Å². The third-order valence-electron chi connectivity index (χ3n) is 6.48. The number of piperidine rings is 1. The number of hydrogen-bond acceptors (Lipinski definition) is 6. The first kappa shape index (κ1) is 30.8. The van der Waals surface area contributed by atoms with Gasteiger partial charge in [0, 0.05) is 24.7 Å². The van der Waals surface area contributed by atoms with Crippen molar-refractivity contribution in [3.63, 3.8) is 0 Å². The van der Waals surface area contributed by atoms with Gasteiger partial charge in [-0.05, 0) is 58.1 Å². The van der Waals surface area contributed by atoms with Crippen LogP contribution in [0.5, 0.6) is 0 Å². The lowest BCUT2D eigenvalue weighted by Gasteiger charge is -2.33. The monoisotopic (exact) mass is 581 g/mol. The Hall–Kier alpha value is -2.71. The summed E-state index contributed by atoms with van der Waals surface area (Å²) in [5.74, 6) is -1.24. The largest absolute Gasteiger partial charge is 0.430 e. The number of nitrogens with one attached hydrogen (secondary N) is 1. The van der Waals surface area contributed by atoms with Crippen molar-refractivity contribution in [2.24, 2.45) is 0 Å². The second-order valence-electron chi connectivity index (χ2n) is 10.3. The van der Waals surface area contributed by atoms with E-state index in [1.807, 2.05) is 6.92 Å². The van der Waals surface area contributed by atoms with E-state index in [-0.39, 0.29) is 39.3 Å². The number of alkyl halides is 6. The molecule has 1 fully saturated rings. The highest BCUT2D eigenvalue weighted by atomic mass is 32.1. The zero-order chi connectivity index (χ0) is 29.6. The summed E-state index contributed by atoms with van der Waals surface area (Å²) >= 11 is 0.744. The van der Waals surface area contributed by atoms with E-state index in [2.05, 4.69) is 10.3 Å². The number of aryl methyl sites for hydroxylation is 1. The topological polar surface area (TPSA) is 103 Å². The molecule has 0 unspecified atom stereocenters. The molecule has 1 saturated heterocycles. The summed E-state index contributed by atoms with van der Waals surface area (Å²) in [4.78, 5) is 32.1. The molecule has 14 heteroatoms. The van der Waals surface area contributed by atoms with Crippen LogP contribution < -0.4 is 5.32 Å². The van der Waals surface area contributed by atoms with Crippen molar-refractivity contribution in [2.45, 2.75) is 76.6 Å². The fraction of sp³-hybridized carbons (Fsp3) is 0.560. The highest BCUT2D eigenvalue weighted by Crippen LogP contribution is 2.50. The number of halogens is 6. The standard InChI is InChI=1S/C25H29F6N3O4S/c1-13-11-15(23(38,24(26,27)28)25(29,30)31)8-9-16(13)18-17(21(36)34-10-6-5-7-14(34)2)33-20(39-18)19(35)32-12-22(3,4)37/h8-9,11,14,37-38H,5-7,10,12H2,1-4H3,(H,32,35)/t14-/m0/s1. The Bertz CT molecular complexity index is 1220. The van der Waals surface area contributed by atoms with Gasteiger partial charge in [-0.2, -0.15) is 26.3 Å². The van der Waals surface area contributed by atoms with Gasteiger partial charge in [-0.1, -0.05) is 18.2 Å². The molecule has 3 N–H and O–H groups in total. The summed E-state index contributed by atoms with van der Waals surface area (Å²) in [5.41, 5.74) is -7.99. The maximum Gasteiger partial charge on any atom is 0.430 e. The van der Waals surface area contributed by atoms with Gasteiger partial charge in [0.1, 0.15) is 5.69 Å². The van der Waals surface area contributed by atoms with Crippen LogP contribution in [0.4, 0.5) is 26.3 Å². The van der Waals surface area contributed by atoms with Gasteiger partial charge in [0.15, 0.2) is 5.01 Å². The van der Waals surface area contributed by atoms with E-state index < -0.39 is 40.9 Å². The molecule has 0 aliphatic carbocycles. The number of aliphatic hydroxyl groups is 2. The van der Waals surface area contributed by atoms with Gasteiger partial charge in [0.05, 0.1) is 10.5 Å². The summed E-state index contributed by atoms with van der Waals surface area (Å²) < 4.78 is 80.5. The molecular weight excluding hydrogens is 552 g/mol. The average Bonchev–Trinajstić information content (AvgIpc) is 3.25. The van der Waals surface area contributed by atoms with Crippen molar-refractivity contribution in [3.8, 4) is 10.4 Å². The van der Waals surface area contributed by atoms with E-state index in [1.54, 1.807) is 4.90 Å². The first-order chi connectivity index (χ1) is 17.8. The molecule has 0 spiro atoms. The summed E-state index contributed by atoms with van der Waals surface area (Å²) in [5, 5.41) is 22.0. The number of likely N-dealkylation sites (tertiary alicyclic amines) is 1. The van der Waals surface area contributed by atoms with Gasteiger partial charge in [0.25, 0.3) is 17.4 Å². The number of amides is 2. The quantitative estimate of drug-likeness (QED) is 0.420. The number of thiazole rings is 1. The fourth-order valence-corrected chi connectivity index (χ4v) is 5.35. The number of carbonyl (C=O) groups is 2. The Morgan fingerprint density at radius 2 is 1.72 bits per heavy atom. The minimum absolute atomic E-state index is 0.0810. The van der Waals surface area contributed by atoms with E-state index in [9.17, 15) is 46.1 Å². The summed E-state index contributed by atoms with van der Waals surface area (Å²) in [6, 6.07) is 1.84. The fourth-order valence-electron chi connectivity index (χ4n) is 4.28. The SMILES string of the molecule is Cc1cc(C(O)(C(F)(F)F)C(F)(F)F)ccc1-c1sc(C(=O)NCC(C)(C)O)nc1C(=O)N1CCCC[C@@H]1C. The molecule has 1 atom stereocenters. The van der Waals surface area contributed by atoms with Gasteiger partial charge in [-0.25, -0.2) is 4.98 Å². The third-order valence-corrected chi connectivity index (χ3v) is 7.57. The number of aromatic nitrogens is 1. The second-order valence-corrected chi connectivity index (χ2v) is 11.3. The molecule has 2 aromatic rings. The van der Waals surface area contributed by atoms with Crippen LogP contribution in [0.2, 0.25) is 0 Å². The van der Waals surface area contributed by atoms with E-state index >= 15 is 0 Å². The van der Waals surface area contributed by atoms with Crippen LogP contribution in [-0.2, 0) is 5.60 Å². The van der Waals surface area contributed by atoms with Crippen molar-refractivity contribution in [1.29, 1.82) is 0 Å². The predicted octanol–water partition coefficient (Wildman–Crippen LogP) is 4.95. The zero-order valence-corrected chi connectivity index (χ0v) is 22.4. The summed E-state index contributed by atoms with van der Waals surface area (Å²) in [7, 11) is 0. The predicted molar refractivity (Wildman–Crippen MR) is 131 cm³/mol. The number of carbonyl (C=O) groups excluding carboxylic acids is 2. The number of benzene rings is 1. The van der Waals surface area contributed by atoms with Gasteiger partial charge in [-0.3, -0.25) is 9.59 Å². The molecule has 1 aliphatic rings. The molecule has 1 aliphatic heterocycles. The van der Waals surface area contributed by atoms with E-state index in [0.717, 1.165) is 36.7 Å². The molecule has 1 aromatic heterocycles. The molecule has 216 valence electrons. The van der Waals surface area contributed by atoms with Crippen molar-refractivity contribution in [1.82, 2.24) is 15.2 Å². The first-order valence-corrected chi connectivity index (χ1v) is 12.9. The van der Waals surface area contributed by atoms with Gasteiger partial charge >= 0.3 is 12.4 Å². The lowest BCUT2D eigenvalue weighted by atomic mass is 9.89. The Morgan fingerprint density at radius 1 is 1.10 bits per heavy atom. The molecule has 3 rings (SSSR count). The molecule has 0 saturated carbocycles. The molecule has 0 bridgehead atoms. The van der Waals surface area contributed by atoms with Gasteiger partial charge < -0.3 is 20.4 Å². The Kier molecular flexibility index (Phi) is 8.45. The maximum atomic E-state index is 13.5. The van der Waals surface area contributed by atoms with Crippen LogP contribution in [0.15, 0.2) is 18.2 Å². The minimum atomic E-state index is -6.05. The molecule has 1 aromatic carbocycles. The zero-order valence-electron chi connectivity index (χ0n) is 21.6. The normalized spacial score (nSPS) is 17.3. The van der Waals surface area contributed by atoms with Crippen LogP contribution in [0.3, 0.4) is 0 Å². The van der Waals surface area contributed by atoms with E-state index in [1.165, 1.54) is 20.8 Å². The Balaban J connectivity index is 2.13. The maximum absolute atomic E-state index is 13.5. The smallest absolute Gasteiger partial charge is 0.389 e. The molecule has 2 heterocycles. The number of hydrogen-bond donors (Lipinski definition) is 3. The van der Waals surface area contributed by atoms with Gasteiger partial charge in [0.2, 0.25) is 0 Å².